The average Bonchev–Trinajstić information content (AvgIpc) is 2.81. The van der Waals surface area contributed by atoms with Crippen molar-refractivity contribution in [3.05, 3.63) is 53.5 Å². The van der Waals surface area contributed by atoms with Crippen molar-refractivity contribution in [1.82, 2.24) is 10.3 Å². The molecule has 0 aromatic carbocycles. The van der Waals surface area contributed by atoms with Gasteiger partial charge in [0.25, 0.3) is 0 Å². The predicted molar refractivity (Wildman–Crippen MR) is 70.7 cm³/mol. The molecular weight excluding hydrogens is 242 g/mol. The van der Waals surface area contributed by atoms with E-state index in [1.807, 2.05) is 18.2 Å². The molecule has 1 atom stereocenters. The summed E-state index contributed by atoms with van der Waals surface area (Å²) in [6, 6.07) is 3.78. The molecule has 0 radical (unpaired) electrons. The number of rotatable bonds is 3. The van der Waals surface area contributed by atoms with Gasteiger partial charge in [-0.25, -0.2) is 4.79 Å². The van der Waals surface area contributed by atoms with Crippen molar-refractivity contribution in [2.45, 2.75) is 18.9 Å². The molecule has 1 unspecified atom stereocenters. The van der Waals surface area contributed by atoms with Gasteiger partial charge in [-0.2, -0.15) is 0 Å². The number of hydrogen-bond donors (Lipinski definition) is 2. The van der Waals surface area contributed by atoms with Crippen LogP contribution in [0.3, 0.4) is 0 Å². The van der Waals surface area contributed by atoms with Gasteiger partial charge in [0.2, 0.25) is 0 Å². The second kappa shape index (κ2) is 4.68. The topological polar surface area (TPSA) is 74.6 Å². The summed E-state index contributed by atoms with van der Waals surface area (Å²) in [5.74, 6) is -0.0996. The molecule has 0 saturated heterocycles. The largest absolute Gasteiger partial charge is 0.478 e. The van der Waals surface area contributed by atoms with Crippen molar-refractivity contribution < 1.29 is 9.90 Å². The molecular formula is C14H13N3O2. The molecule has 1 aromatic heterocycles. The maximum atomic E-state index is 11.2. The standard InChI is InChI=1S/C14H13N3O2/c18-14(19)10-2-1-3-11-13(10)17-12(16-11)8-9-4-6-15-7-5-9/h1-2,4-7,11H,3,8H2,(H,16,17)(H,18,19). The number of amidine groups is 1. The number of carboxylic acid groups (broad SMARTS) is 1. The lowest BCUT2D eigenvalue weighted by atomic mass is 10.00. The van der Waals surface area contributed by atoms with Gasteiger partial charge in [0.05, 0.1) is 17.3 Å². The van der Waals surface area contributed by atoms with Crippen LogP contribution in [0.25, 0.3) is 0 Å². The number of hydrogen-bond acceptors (Lipinski definition) is 4. The second-order valence-corrected chi connectivity index (χ2v) is 4.52. The van der Waals surface area contributed by atoms with Gasteiger partial charge in [-0.1, -0.05) is 6.08 Å². The molecule has 2 heterocycles. The molecule has 5 nitrogen and oxygen atoms in total. The minimum absolute atomic E-state index is 0.0760. The first-order chi connectivity index (χ1) is 9.24. The van der Waals surface area contributed by atoms with Crippen LogP contribution in [-0.2, 0) is 11.2 Å². The molecule has 3 rings (SSSR count). The average molecular weight is 255 g/mol. The molecule has 1 aliphatic carbocycles. The summed E-state index contributed by atoms with van der Waals surface area (Å²) in [4.78, 5) is 19.7. The van der Waals surface area contributed by atoms with Gasteiger partial charge in [0.1, 0.15) is 5.84 Å². The monoisotopic (exact) mass is 255 g/mol. The van der Waals surface area contributed by atoms with E-state index in [9.17, 15) is 4.79 Å². The van der Waals surface area contributed by atoms with Crippen LogP contribution in [0, 0.1) is 0 Å². The van der Waals surface area contributed by atoms with E-state index in [0.29, 0.717) is 17.7 Å². The molecule has 0 amide bonds. The fourth-order valence-electron chi connectivity index (χ4n) is 2.32. The number of carbonyl (C=O) groups is 1. The Bertz CT molecular complexity index is 602. The molecule has 0 bridgehead atoms. The lowest BCUT2D eigenvalue weighted by molar-refractivity contribution is -0.132. The molecule has 1 aromatic rings. The third-order valence-corrected chi connectivity index (χ3v) is 3.21. The summed E-state index contributed by atoms with van der Waals surface area (Å²) in [6.07, 6.45) is 8.39. The molecule has 1 aliphatic heterocycles. The number of aliphatic imine (C=N–C) groups is 1. The minimum atomic E-state index is -0.913. The Morgan fingerprint density at radius 3 is 2.95 bits per heavy atom. The van der Waals surface area contributed by atoms with Gasteiger partial charge in [-0.3, -0.25) is 9.98 Å². The Morgan fingerprint density at radius 1 is 1.42 bits per heavy atom. The zero-order chi connectivity index (χ0) is 13.2. The van der Waals surface area contributed by atoms with E-state index in [1.54, 1.807) is 18.5 Å². The molecule has 5 heteroatoms. The van der Waals surface area contributed by atoms with E-state index >= 15 is 0 Å². The molecule has 2 N–H and O–H groups in total. The first kappa shape index (κ1) is 11.6. The van der Waals surface area contributed by atoms with Crippen molar-refractivity contribution in [1.29, 1.82) is 0 Å². The lowest BCUT2D eigenvalue weighted by Gasteiger charge is -2.14. The number of nitrogens with one attached hydrogen (secondary N) is 1. The van der Waals surface area contributed by atoms with Crippen LogP contribution in [0.4, 0.5) is 0 Å². The van der Waals surface area contributed by atoms with E-state index in [-0.39, 0.29) is 6.04 Å². The molecule has 0 spiro atoms. The van der Waals surface area contributed by atoms with E-state index in [4.69, 9.17) is 5.11 Å². The Morgan fingerprint density at radius 2 is 2.21 bits per heavy atom. The van der Waals surface area contributed by atoms with Gasteiger partial charge >= 0.3 is 5.97 Å². The van der Waals surface area contributed by atoms with Crippen molar-refractivity contribution in [3.63, 3.8) is 0 Å². The second-order valence-electron chi connectivity index (χ2n) is 4.52. The van der Waals surface area contributed by atoms with Crippen molar-refractivity contribution in [2.75, 3.05) is 0 Å². The van der Waals surface area contributed by atoms with Crippen LogP contribution in [-0.4, -0.2) is 27.9 Å². The van der Waals surface area contributed by atoms with Crippen LogP contribution >= 0.6 is 0 Å². The minimum Gasteiger partial charge on any atom is -0.478 e. The summed E-state index contributed by atoms with van der Waals surface area (Å²) in [6.45, 7) is 0. The number of pyridine rings is 1. The van der Waals surface area contributed by atoms with E-state index in [0.717, 1.165) is 17.8 Å². The zero-order valence-corrected chi connectivity index (χ0v) is 10.2. The predicted octanol–water partition coefficient (Wildman–Crippen LogP) is 1.29. The summed E-state index contributed by atoms with van der Waals surface area (Å²) >= 11 is 0. The van der Waals surface area contributed by atoms with Crippen molar-refractivity contribution in [2.24, 2.45) is 4.99 Å². The van der Waals surface area contributed by atoms with Crippen LogP contribution < -0.4 is 5.32 Å². The van der Waals surface area contributed by atoms with Crippen LogP contribution in [0.2, 0.25) is 0 Å². The third-order valence-electron chi connectivity index (χ3n) is 3.21. The van der Waals surface area contributed by atoms with Gasteiger partial charge in [-0.05, 0) is 30.2 Å². The summed E-state index contributed by atoms with van der Waals surface area (Å²) < 4.78 is 0. The van der Waals surface area contributed by atoms with E-state index in [2.05, 4.69) is 15.3 Å². The van der Waals surface area contributed by atoms with Crippen molar-refractivity contribution >= 4 is 11.8 Å². The maximum Gasteiger partial charge on any atom is 0.337 e. The first-order valence-corrected chi connectivity index (χ1v) is 6.10. The lowest BCUT2D eigenvalue weighted by Crippen LogP contribution is -2.25. The Labute approximate surface area is 110 Å². The quantitative estimate of drug-likeness (QED) is 0.853. The van der Waals surface area contributed by atoms with Crippen LogP contribution in [0.5, 0.6) is 0 Å². The van der Waals surface area contributed by atoms with Gasteiger partial charge < -0.3 is 10.4 Å². The van der Waals surface area contributed by atoms with Crippen LogP contribution in [0.1, 0.15) is 12.0 Å². The SMILES string of the molecule is O=C(O)C1=C2NC(Cc3ccncc3)=NC2CC=C1. The van der Waals surface area contributed by atoms with Gasteiger partial charge in [-0.15, -0.1) is 0 Å². The van der Waals surface area contributed by atoms with Gasteiger partial charge in [0, 0.05) is 18.8 Å². The molecule has 19 heavy (non-hydrogen) atoms. The van der Waals surface area contributed by atoms with Gasteiger partial charge in [0.15, 0.2) is 0 Å². The highest BCUT2D eigenvalue weighted by atomic mass is 16.4. The highest BCUT2D eigenvalue weighted by Crippen LogP contribution is 2.25. The third kappa shape index (κ3) is 2.27. The summed E-state index contributed by atoms with van der Waals surface area (Å²) in [5, 5.41) is 12.3. The van der Waals surface area contributed by atoms with Crippen molar-refractivity contribution in [3.8, 4) is 0 Å². The Balaban J connectivity index is 1.82. The Kier molecular flexibility index (Phi) is 2.87. The highest BCUT2D eigenvalue weighted by Gasteiger charge is 2.28. The smallest absolute Gasteiger partial charge is 0.337 e. The molecule has 2 aliphatic rings. The molecule has 0 saturated carbocycles. The highest BCUT2D eigenvalue weighted by molar-refractivity contribution is 5.96. The molecule has 0 fully saturated rings. The number of aliphatic carboxylic acids is 1. The Hall–Kier alpha value is -2.43. The fraction of sp³-hybridized carbons (Fsp3) is 0.214. The fourth-order valence-corrected chi connectivity index (χ4v) is 2.32. The normalized spacial score (nSPS) is 20.8. The number of nitrogens with zero attached hydrogens (tertiary/aromatic N) is 2. The maximum absolute atomic E-state index is 11.2. The van der Waals surface area contributed by atoms with Crippen LogP contribution in [0.15, 0.2) is 52.9 Å². The number of carboxylic acids is 1. The van der Waals surface area contributed by atoms with E-state index in [1.165, 1.54) is 0 Å². The zero-order valence-electron chi connectivity index (χ0n) is 10.2. The summed E-state index contributed by atoms with van der Waals surface area (Å²) in [5.41, 5.74) is 2.12. The molecule has 96 valence electrons. The number of aromatic nitrogens is 1. The first-order valence-electron chi connectivity index (χ1n) is 6.10. The van der Waals surface area contributed by atoms with E-state index < -0.39 is 5.97 Å². The summed E-state index contributed by atoms with van der Waals surface area (Å²) in [7, 11) is 0. The number of fused-ring (bicyclic) bond motifs is 1.